The molecule has 1 N–H and O–H groups in total. The van der Waals surface area contributed by atoms with Crippen LogP contribution in [0.1, 0.15) is 77.7 Å². The van der Waals surface area contributed by atoms with Crippen LogP contribution in [0.3, 0.4) is 0 Å². The molecule has 0 radical (unpaired) electrons. The summed E-state index contributed by atoms with van der Waals surface area (Å²) < 4.78 is 19.2. The van der Waals surface area contributed by atoms with Gasteiger partial charge >= 0.3 is 5.97 Å². The van der Waals surface area contributed by atoms with Crippen LogP contribution in [-0.4, -0.2) is 42.6 Å². The topological polar surface area (TPSA) is 74.6 Å². The zero-order valence-corrected chi connectivity index (χ0v) is 24.7. The Bertz CT molecular complexity index is 1570. The first-order chi connectivity index (χ1) is 20.6. The lowest BCUT2D eigenvalue weighted by atomic mass is 9.86. The molecule has 1 atom stereocenters. The third-order valence-corrected chi connectivity index (χ3v) is 8.56. The van der Waals surface area contributed by atoms with Gasteiger partial charge in [0, 0.05) is 5.56 Å². The van der Waals surface area contributed by atoms with E-state index in [2.05, 4.69) is 65.9 Å². The predicted octanol–water partition coefficient (Wildman–Crippen LogP) is 6.82. The number of esters is 1. The van der Waals surface area contributed by atoms with E-state index in [0.717, 1.165) is 54.9 Å². The summed E-state index contributed by atoms with van der Waals surface area (Å²) in [6.45, 7) is 6.49. The number of rotatable bonds is 9. The van der Waals surface area contributed by atoms with Crippen molar-refractivity contribution in [3.8, 4) is 28.4 Å². The van der Waals surface area contributed by atoms with Crippen LogP contribution < -0.4 is 14.8 Å². The van der Waals surface area contributed by atoms with E-state index in [1.807, 2.05) is 12.1 Å². The molecule has 218 valence electrons. The number of hydrogen-bond donors (Lipinski definition) is 1. The average molecular weight is 566 g/mol. The molecule has 42 heavy (non-hydrogen) atoms. The SMILES string of the molecule is CCOC(=O)c1cnn(-c2cccc(-c3cccc4c3[C@@H](Oc3ccc(C5CCNCC5)c(CC)c3)CC4)c2)c1OC. The van der Waals surface area contributed by atoms with Gasteiger partial charge in [0.2, 0.25) is 5.88 Å². The highest BCUT2D eigenvalue weighted by atomic mass is 16.5. The maximum absolute atomic E-state index is 12.4. The highest BCUT2D eigenvalue weighted by Gasteiger charge is 2.28. The van der Waals surface area contributed by atoms with E-state index in [9.17, 15) is 4.79 Å². The van der Waals surface area contributed by atoms with Crippen molar-refractivity contribution in [2.75, 3.05) is 26.8 Å². The lowest BCUT2D eigenvalue weighted by Gasteiger charge is -2.26. The highest BCUT2D eigenvalue weighted by molar-refractivity contribution is 5.92. The van der Waals surface area contributed by atoms with E-state index in [1.165, 1.54) is 48.4 Å². The number of aromatic nitrogens is 2. The smallest absolute Gasteiger partial charge is 0.345 e. The minimum atomic E-state index is -0.451. The van der Waals surface area contributed by atoms with Crippen molar-refractivity contribution in [2.24, 2.45) is 0 Å². The second-order valence-electron chi connectivity index (χ2n) is 11.0. The largest absolute Gasteiger partial charge is 0.486 e. The standard InChI is InChI=1S/C35H39N3O4/c1-4-23-21-28(13-14-29(23)24-16-18-36-19-17-24)42-32-15-12-25-8-7-11-30(33(25)32)26-9-6-10-27(20-26)38-34(40-3)31(22-37-38)35(39)41-5-2/h6-11,13-14,20-22,24,32,36H,4-5,12,15-19H2,1-3H3/t32-/m0/s1. The van der Waals surface area contributed by atoms with Gasteiger partial charge in [-0.1, -0.05) is 43.3 Å². The summed E-state index contributed by atoms with van der Waals surface area (Å²) in [4.78, 5) is 12.4. The molecule has 1 aromatic heterocycles. The van der Waals surface area contributed by atoms with Gasteiger partial charge in [-0.15, -0.1) is 0 Å². The fraction of sp³-hybridized carbons (Fsp3) is 0.371. The Balaban J connectivity index is 1.30. The minimum absolute atomic E-state index is 0.0241. The average Bonchev–Trinajstić information content (AvgIpc) is 3.66. The van der Waals surface area contributed by atoms with Crippen LogP contribution in [0.15, 0.2) is 66.9 Å². The van der Waals surface area contributed by atoms with Gasteiger partial charge in [0.05, 0.1) is 25.6 Å². The maximum atomic E-state index is 12.4. The van der Waals surface area contributed by atoms with Crippen molar-refractivity contribution in [2.45, 2.75) is 58.0 Å². The summed E-state index contributed by atoms with van der Waals surface area (Å²) in [7, 11) is 1.54. The van der Waals surface area contributed by atoms with Crippen molar-refractivity contribution < 1.29 is 19.0 Å². The Labute approximate surface area is 247 Å². The number of nitrogens with one attached hydrogen (secondary N) is 1. The van der Waals surface area contributed by atoms with Crippen LogP contribution in [0.5, 0.6) is 11.6 Å². The highest BCUT2D eigenvalue weighted by Crippen LogP contribution is 2.42. The Morgan fingerprint density at radius 3 is 2.64 bits per heavy atom. The molecule has 0 spiro atoms. The molecular weight excluding hydrogens is 526 g/mol. The number of carbonyl (C=O) groups is 1. The van der Waals surface area contributed by atoms with E-state index in [4.69, 9.17) is 14.2 Å². The molecule has 2 aliphatic rings. The molecule has 1 aliphatic heterocycles. The van der Waals surface area contributed by atoms with Crippen molar-refractivity contribution in [3.63, 3.8) is 0 Å². The molecule has 7 heteroatoms. The molecule has 3 aromatic carbocycles. The summed E-state index contributed by atoms with van der Waals surface area (Å²) in [5.41, 5.74) is 8.76. The summed E-state index contributed by atoms with van der Waals surface area (Å²) in [6, 6.07) is 21.4. The van der Waals surface area contributed by atoms with Crippen LogP contribution in [0.25, 0.3) is 16.8 Å². The fourth-order valence-corrected chi connectivity index (χ4v) is 6.54. The molecule has 0 saturated carbocycles. The Hall–Kier alpha value is -4.10. The number of aryl methyl sites for hydroxylation is 2. The lowest BCUT2D eigenvalue weighted by Crippen LogP contribution is -2.27. The van der Waals surface area contributed by atoms with Crippen molar-refractivity contribution in [1.82, 2.24) is 15.1 Å². The second-order valence-corrected chi connectivity index (χ2v) is 11.0. The number of hydrogen-bond acceptors (Lipinski definition) is 6. The molecule has 1 saturated heterocycles. The molecule has 1 fully saturated rings. The van der Waals surface area contributed by atoms with Crippen LogP contribution in [0, 0.1) is 0 Å². The van der Waals surface area contributed by atoms with Gasteiger partial charge in [-0.25, -0.2) is 9.48 Å². The number of nitrogens with zero attached hydrogens (tertiary/aromatic N) is 2. The summed E-state index contributed by atoms with van der Waals surface area (Å²) in [5.74, 6) is 1.47. The lowest BCUT2D eigenvalue weighted by molar-refractivity contribution is 0.0522. The van der Waals surface area contributed by atoms with Crippen LogP contribution in [-0.2, 0) is 17.6 Å². The minimum Gasteiger partial charge on any atom is -0.486 e. The fourth-order valence-electron chi connectivity index (χ4n) is 6.54. The first-order valence-corrected chi connectivity index (χ1v) is 15.1. The zero-order valence-electron chi connectivity index (χ0n) is 24.7. The van der Waals surface area contributed by atoms with Gasteiger partial charge in [0.25, 0.3) is 0 Å². The van der Waals surface area contributed by atoms with Crippen LogP contribution in [0.4, 0.5) is 0 Å². The van der Waals surface area contributed by atoms with E-state index >= 15 is 0 Å². The number of carbonyl (C=O) groups excluding carboxylic acids is 1. The summed E-state index contributed by atoms with van der Waals surface area (Å²) in [5, 5.41) is 7.94. The molecule has 0 bridgehead atoms. The Morgan fingerprint density at radius 1 is 1.02 bits per heavy atom. The van der Waals surface area contributed by atoms with Crippen LogP contribution in [0.2, 0.25) is 0 Å². The summed E-state index contributed by atoms with van der Waals surface area (Å²) in [6.07, 6.45) is 6.79. The molecular formula is C35H39N3O4. The Kier molecular flexibility index (Phi) is 8.29. The van der Waals surface area contributed by atoms with Gasteiger partial charge < -0.3 is 19.5 Å². The number of benzene rings is 3. The third kappa shape index (κ3) is 5.41. The number of fused-ring (bicyclic) bond motifs is 1. The predicted molar refractivity (Wildman–Crippen MR) is 164 cm³/mol. The van der Waals surface area contributed by atoms with E-state index < -0.39 is 5.97 Å². The number of ether oxygens (including phenoxy) is 3. The van der Waals surface area contributed by atoms with Gasteiger partial charge in [0.1, 0.15) is 17.4 Å². The Morgan fingerprint density at radius 2 is 1.86 bits per heavy atom. The maximum Gasteiger partial charge on any atom is 0.345 e. The van der Waals surface area contributed by atoms with Gasteiger partial charge in [-0.3, -0.25) is 0 Å². The van der Waals surface area contributed by atoms with Crippen molar-refractivity contribution in [3.05, 3.63) is 94.7 Å². The normalized spacial score (nSPS) is 16.7. The second kappa shape index (κ2) is 12.4. The van der Waals surface area contributed by atoms with Gasteiger partial charge in [-0.05, 0) is 110 Å². The summed E-state index contributed by atoms with van der Waals surface area (Å²) >= 11 is 0. The third-order valence-electron chi connectivity index (χ3n) is 8.56. The monoisotopic (exact) mass is 565 g/mol. The first-order valence-electron chi connectivity index (χ1n) is 15.1. The molecule has 7 nitrogen and oxygen atoms in total. The molecule has 1 aliphatic carbocycles. The quantitative estimate of drug-likeness (QED) is 0.225. The van der Waals surface area contributed by atoms with Gasteiger partial charge in [0.15, 0.2) is 0 Å². The zero-order chi connectivity index (χ0) is 29.1. The first kappa shape index (κ1) is 28.0. The molecule has 0 unspecified atom stereocenters. The van der Waals surface area contributed by atoms with Crippen molar-refractivity contribution in [1.29, 1.82) is 0 Å². The molecule has 2 heterocycles. The number of piperidine rings is 1. The number of methoxy groups -OCH3 is 1. The van der Waals surface area contributed by atoms with Crippen molar-refractivity contribution >= 4 is 5.97 Å². The van der Waals surface area contributed by atoms with E-state index in [-0.39, 0.29) is 12.7 Å². The molecule has 6 rings (SSSR count). The van der Waals surface area contributed by atoms with Crippen LogP contribution >= 0.6 is 0 Å². The molecule has 4 aromatic rings. The van der Waals surface area contributed by atoms with E-state index in [0.29, 0.717) is 17.4 Å². The molecule has 0 amide bonds. The van der Waals surface area contributed by atoms with E-state index in [1.54, 1.807) is 11.6 Å². The van der Waals surface area contributed by atoms with Gasteiger partial charge in [-0.2, -0.15) is 5.10 Å².